The van der Waals surface area contributed by atoms with E-state index in [9.17, 15) is 4.79 Å². The first-order chi connectivity index (χ1) is 16.1. The van der Waals surface area contributed by atoms with Crippen LogP contribution in [0.25, 0.3) is 0 Å². The quantitative estimate of drug-likeness (QED) is 0.638. The zero-order valence-corrected chi connectivity index (χ0v) is 20.1. The summed E-state index contributed by atoms with van der Waals surface area (Å²) in [6.45, 7) is 2.39. The number of urea groups is 1. The predicted octanol–water partition coefficient (Wildman–Crippen LogP) is 5.16. The van der Waals surface area contributed by atoms with Gasteiger partial charge < -0.3 is 19.9 Å². The molecule has 0 unspecified atom stereocenters. The van der Waals surface area contributed by atoms with Crippen molar-refractivity contribution in [1.29, 1.82) is 0 Å². The monoisotopic (exact) mass is 447 g/mol. The Bertz CT molecular complexity index is 964. The van der Waals surface area contributed by atoms with Crippen LogP contribution in [0.15, 0.2) is 54.6 Å². The molecule has 3 aliphatic rings. The van der Waals surface area contributed by atoms with Crippen LogP contribution in [0, 0.1) is 5.92 Å². The number of benzene rings is 2. The van der Waals surface area contributed by atoms with E-state index < -0.39 is 0 Å². The smallest absolute Gasteiger partial charge is 0.320 e. The van der Waals surface area contributed by atoms with Gasteiger partial charge in [0.2, 0.25) is 0 Å². The third kappa shape index (κ3) is 4.12. The van der Waals surface area contributed by atoms with E-state index in [0.29, 0.717) is 12.5 Å². The maximum absolute atomic E-state index is 13.7. The molecular formula is C28H37N3O2. The van der Waals surface area contributed by atoms with E-state index in [1.165, 1.54) is 24.8 Å². The zero-order chi connectivity index (χ0) is 22.9. The molecule has 5 heteroatoms. The summed E-state index contributed by atoms with van der Waals surface area (Å²) in [5, 5.41) is 3.66. The molecule has 5 rings (SSSR count). The molecule has 3 fully saturated rings. The van der Waals surface area contributed by atoms with E-state index in [2.05, 4.69) is 64.6 Å². The Morgan fingerprint density at radius 3 is 2.42 bits per heavy atom. The van der Waals surface area contributed by atoms with Gasteiger partial charge in [-0.2, -0.15) is 0 Å². The SMILES string of the molecule is CNC1(c2ccccc2)CCC2(CC1)CN(Cc1cccc(OC)c1)C(=O)N2CC1CCC1. The molecule has 2 saturated carbocycles. The maximum Gasteiger partial charge on any atom is 0.320 e. The lowest BCUT2D eigenvalue weighted by atomic mass is 9.68. The molecule has 1 spiro atoms. The van der Waals surface area contributed by atoms with Gasteiger partial charge in [0.1, 0.15) is 5.75 Å². The highest BCUT2D eigenvalue weighted by atomic mass is 16.5. The number of carbonyl (C=O) groups is 1. The summed E-state index contributed by atoms with van der Waals surface area (Å²) in [5.41, 5.74) is 2.44. The van der Waals surface area contributed by atoms with Crippen LogP contribution in [-0.4, -0.2) is 48.6 Å². The summed E-state index contributed by atoms with van der Waals surface area (Å²) in [4.78, 5) is 18.1. The van der Waals surface area contributed by atoms with Crippen LogP contribution in [0.5, 0.6) is 5.75 Å². The molecule has 2 aromatic carbocycles. The van der Waals surface area contributed by atoms with Crippen molar-refractivity contribution < 1.29 is 9.53 Å². The first-order valence-electron chi connectivity index (χ1n) is 12.5. The third-order valence-corrected chi connectivity index (χ3v) is 8.57. The first kappa shape index (κ1) is 22.3. The second kappa shape index (κ2) is 9.02. The van der Waals surface area contributed by atoms with Crippen molar-refractivity contribution in [2.24, 2.45) is 5.92 Å². The van der Waals surface area contributed by atoms with Gasteiger partial charge in [-0.05, 0) is 74.8 Å². The molecule has 2 aliphatic carbocycles. The molecule has 2 aromatic rings. The Hall–Kier alpha value is -2.53. The van der Waals surface area contributed by atoms with Gasteiger partial charge in [-0.1, -0.05) is 48.9 Å². The van der Waals surface area contributed by atoms with Crippen LogP contribution in [0.1, 0.15) is 56.1 Å². The second-order valence-electron chi connectivity index (χ2n) is 10.3. The van der Waals surface area contributed by atoms with Gasteiger partial charge in [-0.25, -0.2) is 4.79 Å². The highest BCUT2D eigenvalue weighted by molar-refractivity contribution is 5.78. The molecule has 1 N–H and O–H groups in total. The average molecular weight is 448 g/mol. The van der Waals surface area contributed by atoms with Crippen LogP contribution in [0.3, 0.4) is 0 Å². The zero-order valence-electron chi connectivity index (χ0n) is 20.1. The van der Waals surface area contributed by atoms with Crippen LogP contribution >= 0.6 is 0 Å². The third-order valence-electron chi connectivity index (χ3n) is 8.57. The first-order valence-corrected chi connectivity index (χ1v) is 12.5. The van der Waals surface area contributed by atoms with Gasteiger partial charge in [0.15, 0.2) is 0 Å². The minimum atomic E-state index is -0.0549. The highest BCUT2D eigenvalue weighted by Gasteiger charge is 2.54. The molecule has 1 aliphatic heterocycles. The number of methoxy groups -OCH3 is 1. The lowest BCUT2D eigenvalue weighted by molar-refractivity contribution is 0.0584. The summed E-state index contributed by atoms with van der Waals surface area (Å²) in [5.74, 6) is 1.52. The Morgan fingerprint density at radius 2 is 1.79 bits per heavy atom. The van der Waals surface area contributed by atoms with Gasteiger partial charge in [0.05, 0.1) is 12.6 Å². The van der Waals surface area contributed by atoms with Crippen LogP contribution in [0.4, 0.5) is 4.79 Å². The van der Waals surface area contributed by atoms with E-state index in [0.717, 1.165) is 50.1 Å². The molecule has 33 heavy (non-hydrogen) atoms. The molecule has 176 valence electrons. The standard InChI is InChI=1S/C28H37N3O2/c1-29-28(24-11-4-3-5-12-24)16-14-27(15-17-28)21-30(19-23-10-7-13-25(18-23)33-2)26(32)31(27)20-22-8-6-9-22/h3-5,7,10-13,18,22,29H,6,8-9,14-17,19-21H2,1-2H3. The summed E-state index contributed by atoms with van der Waals surface area (Å²) in [6, 6.07) is 19.2. The highest BCUT2D eigenvalue weighted by Crippen LogP contribution is 2.47. The number of carbonyl (C=O) groups excluding carboxylic acids is 1. The molecule has 0 radical (unpaired) electrons. The number of rotatable bonds is 7. The number of nitrogens with one attached hydrogen (secondary N) is 1. The summed E-state index contributed by atoms with van der Waals surface area (Å²) >= 11 is 0. The molecule has 5 nitrogen and oxygen atoms in total. The molecule has 2 amide bonds. The molecule has 0 aromatic heterocycles. The second-order valence-corrected chi connectivity index (χ2v) is 10.3. The van der Waals surface area contributed by atoms with Crippen LogP contribution < -0.4 is 10.1 Å². The fourth-order valence-electron chi connectivity index (χ4n) is 6.21. The number of hydrogen-bond acceptors (Lipinski definition) is 3. The summed E-state index contributed by atoms with van der Waals surface area (Å²) < 4.78 is 5.41. The minimum absolute atomic E-state index is 0.00207. The van der Waals surface area contributed by atoms with Gasteiger partial charge in [-0.3, -0.25) is 0 Å². The summed E-state index contributed by atoms with van der Waals surface area (Å²) in [6.07, 6.45) is 8.01. The van der Waals surface area contributed by atoms with E-state index in [4.69, 9.17) is 4.74 Å². The van der Waals surface area contributed by atoms with Crippen LogP contribution in [-0.2, 0) is 12.1 Å². The predicted molar refractivity (Wildman–Crippen MR) is 131 cm³/mol. The Labute approximate surface area is 198 Å². The molecule has 1 heterocycles. The largest absolute Gasteiger partial charge is 0.497 e. The number of ether oxygens (including phenoxy) is 1. The number of hydrogen-bond donors (Lipinski definition) is 1. The van der Waals surface area contributed by atoms with Gasteiger partial charge in [-0.15, -0.1) is 0 Å². The van der Waals surface area contributed by atoms with E-state index in [1.54, 1.807) is 7.11 Å². The molecule has 1 saturated heterocycles. The molecule has 0 atom stereocenters. The summed E-state index contributed by atoms with van der Waals surface area (Å²) in [7, 11) is 3.78. The number of nitrogens with zero attached hydrogens (tertiary/aromatic N) is 2. The Balaban J connectivity index is 1.38. The van der Waals surface area contributed by atoms with Gasteiger partial charge >= 0.3 is 6.03 Å². The maximum atomic E-state index is 13.7. The van der Waals surface area contributed by atoms with E-state index in [1.807, 2.05) is 12.1 Å². The average Bonchev–Trinajstić information content (AvgIpc) is 3.08. The molecule has 0 bridgehead atoms. The molecular weight excluding hydrogens is 410 g/mol. The van der Waals surface area contributed by atoms with Gasteiger partial charge in [0.25, 0.3) is 0 Å². The minimum Gasteiger partial charge on any atom is -0.497 e. The lowest BCUT2D eigenvalue weighted by Gasteiger charge is -2.49. The Kier molecular flexibility index (Phi) is 6.09. The van der Waals surface area contributed by atoms with E-state index in [-0.39, 0.29) is 17.1 Å². The van der Waals surface area contributed by atoms with Crippen molar-refractivity contribution in [3.63, 3.8) is 0 Å². The van der Waals surface area contributed by atoms with Crippen molar-refractivity contribution in [2.75, 3.05) is 27.2 Å². The normalized spacial score (nSPS) is 27.8. The van der Waals surface area contributed by atoms with Crippen molar-refractivity contribution in [3.8, 4) is 5.75 Å². The van der Waals surface area contributed by atoms with Crippen molar-refractivity contribution >= 4 is 6.03 Å². The fraction of sp³-hybridized carbons (Fsp3) is 0.536. The van der Waals surface area contributed by atoms with Crippen LogP contribution in [0.2, 0.25) is 0 Å². The van der Waals surface area contributed by atoms with Crippen molar-refractivity contribution in [3.05, 3.63) is 65.7 Å². The Morgan fingerprint density at radius 1 is 1.03 bits per heavy atom. The van der Waals surface area contributed by atoms with E-state index >= 15 is 0 Å². The van der Waals surface area contributed by atoms with Crippen molar-refractivity contribution in [1.82, 2.24) is 15.1 Å². The number of amides is 2. The lowest BCUT2D eigenvalue weighted by Crippen LogP contribution is -2.56. The van der Waals surface area contributed by atoms with Crippen molar-refractivity contribution in [2.45, 2.75) is 62.6 Å². The topological polar surface area (TPSA) is 44.8 Å². The fourth-order valence-corrected chi connectivity index (χ4v) is 6.21. The van der Waals surface area contributed by atoms with Gasteiger partial charge in [0, 0.05) is 25.2 Å².